The number of aromatic nitrogens is 4. The van der Waals surface area contributed by atoms with E-state index in [0.717, 1.165) is 4.68 Å². The highest BCUT2D eigenvalue weighted by Gasteiger charge is 2.39. The van der Waals surface area contributed by atoms with Crippen molar-refractivity contribution in [3.05, 3.63) is 82.3 Å². The molecule has 1 amide bonds. The zero-order valence-corrected chi connectivity index (χ0v) is 22.2. The van der Waals surface area contributed by atoms with Crippen molar-refractivity contribution in [2.75, 3.05) is 20.2 Å². The van der Waals surface area contributed by atoms with Crippen LogP contribution < -0.4 is 5.62 Å². The number of aryl methyl sites for hydroxylation is 2. The second-order valence-electron chi connectivity index (χ2n) is 9.26. The van der Waals surface area contributed by atoms with Crippen LogP contribution in [-0.4, -0.2) is 56.6 Å². The highest BCUT2D eigenvalue weighted by atomic mass is 19.4. The Morgan fingerprint density at radius 2 is 1.95 bits per heavy atom. The summed E-state index contributed by atoms with van der Waals surface area (Å²) < 4.78 is 51.5. The molecule has 206 valence electrons. The maximum atomic E-state index is 13.9. The summed E-state index contributed by atoms with van der Waals surface area (Å²) in [7, 11) is 4.69. The van der Waals surface area contributed by atoms with Crippen molar-refractivity contribution in [1.29, 1.82) is 5.41 Å². The summed E-state index contributed by atoms with van der Waals surface area (Å²) in [6, 6.07) is 3.37. The summed E-state index contributed by atoms with van der Waals surface area (Å²) in [5.74, 6) is 0.240. The topological polar surface area (TPSA) is 93.4 Å². The van der Waals surface area contributed by atoms with Gasteiger partial charge in [0.25, 0.3) is 5.91 Å². The van der Waals surface area contributed by atoms with Crippen molar-refractivity contribution in [3.8, 4) is 11.1 Å². The Balaban J connectivity index is 1.83. The van der Waals surface area contributed by atoms with Gasteiger partial charge in [0.15, 0.2) is 5.69 Å². The van der Waals surface area contributed by atoms with Crippen LogP contribution in [0.1, 0.15) is 34.1 Å². The number of carbonyl (C=O) groups is 1. The smallest absolute Gasteiger partial charge is 0.435 e. The molecule has 3 heterocycles. The molecular weight excluding hydrogens is 511 g/mol. The minimum atomic E-state index is -4.67. The molecule has 0 saturated heterocycles. The van der Waals surface area contributed by atoms with Crippen LogP contribution >= 0.6 is 0 Å². The van der Waals surface area contributed by atoms with Gasteiger partial charge in [0.1, 0.15) is 5.76 Å². The van der Waals surface area contributed by atoms with E-state index in [9.17, 15) is 18.0 Å². The highest BCUT2D eigenvalue weighted by Crippen LogP contribution is 2.40. The van der Waals surface area contributed by atoms with E-state index in [1.807, 2.05) is 6.92 Å². The number of methoxy groups -OCH3 is 1. The lowest BCUT2D eigenvalue weighted by Gasteiger charge is -2.30. The second-order valence-corrected chi connectivity index (χ2v) is 9.26. The molecule has 1 aromatic carbocycles. The number of nitrogens with zero attached hydrogens (tertiary/aromatic N) is 6. The number of benzene rings is 1. The lowest BCUT2D eigenvalue weighted by atomic mass is 9.88. The lowest BCUT2D eigenvalue weighted by Crippen LogP contribution is -2.39. The van der Waals surface area contributed by atoms with Gasteiger partial charge in [0.2, 0.25) is 5.62 Å². The van der Waals surface area contributed by atoms with Gasteiger partial charge >= 0.3 is 6.18 Å². The Bertz CT molecular complexity index is 1540. The van der Waals surface area contributed by atoms with Gasteiger partial charge in [-0.15, -0.1) is 0 Å². The number of nitrogens with one attached hydrogen (secondary N) is 1. The number of carbonyl (C=O) groups excluding carboxylic acids is 1. The Labute approximate surface area is 223 Å². The quantitative estimate of drug-likeness (QED) is 0.266. The van der Waals surface area contributed by atoms with Crippen molar-refractivity contribution >= 4 is 12.6 Å². The third kappa shape index (κ3) is 5.59. The van der Waals surface area contributed by atoms with Gasteiger partial charge in [-0.2, -0.15) is 18.3 Å². The van der Waals surface area contributed by atoms with Crippen LogP contribution in [0.5, 0.6) is 0 Å². The summed E-state index contributed by atoms with van der Waals surface area (Å²) in [6.07, 6.45) is 3.87. The number of alkyl halides is 3. The van der Waals surface area contributed by atoms with Gasteiger partial charge in [-0.1, -0.05) is 0 Å². The number of fused-ring (bicyclic) bond motifs is 1. The van der Waals surface area contributed by atoms with E-state index in [1.165, 1.54) is 20.4 Å². The first-order valence-electron chi connectivity index (χ1n) is 12.2. The predicted octanol–water partition coefficient (Wildman–Crippen LogP) is 3.91. The van der Waals surface area contributed by atoms with Crippen LogP contribution in [0.25, 0.3) is 11.1 Å². The number of halogens is 3. The minimum Gasteiger partial charge on any atom is -0.497 e. The Hall–Kier alpha value is -4.35. The second kappa shape index (κ2) is 10.8. The molecule has 2 aromatic heterocycles. The van der Waals surface area contributed by atoms with Gasteiger partial charge in [0.05, 0.1) is 25.9 Å². The molecule has 0 radical (unpaired) electrons. The molecule has 0 spiro atoms. The number of rotatable bonds is 8. The van der Waals surface area contributed by atoms with E-state index in [4.69, 9.17) is 10.1 Å². The standard InChI is InChI=1S/C27H30F3N7O2/c1-6-19(39-5)13-18(32-2)15-36-8-7-20-21(23-16-35(4)33-24(23)27(28,29)30)11-17(12-22(20)25(36)38)14-37-10-9-34(3)26(37)31/h6,9-13,16,31H,2,7-8,14-15H2,1,3-5H3/b18-13-,19-6+,31-26?. The van der Waals surface area contributed by atoms with Gasteiger partial charge in [0, 0.05) is 56.4 Å². The van der Waals surface area contributed by atoms with E-state index in [2.05, 4.69) is 16.8 Å². The number of imidazole rings is 1. The van der Waals surface area contributed by atoms with Crippen LogP contribution in [0.2, 0.25) is 0 Å². The Morgan fingerprint density at radius 1 is 1.23 bits per heavy atom. The summed E-state index contributed by atoms with van der Waals surface area (Å²) >= 11 is 0. The molecule has 0 fully saturated rings. The van der Waals surface area contributed by atoms with Crippen LogP contribution in [0.15, 0.2) is 59.3 Å². The SMILES string of the molecule is C=N/C(=C\C(=C/C)OC)CN1CCc2c(cc(Cn3ccn(C)c3=N)cc2-c2cn(C)nc2C(F)(F)F)C1=O. The van der Waals surface area contributed by atoms with Crippen LogP contribution in [0, 0.1) is 5.41 Å². The van der Waals surface area contributed by atoms with Gasteiger partial charge in [-0.25, -0.2) is 0 Å². The fourth-order valence-electron chi connectivity index (χ4n) is 4.70. The predicted molar refractivity (Wildman–Crippen MR) is 140 cm³/mol. The fraction of sp³-hybridized carbons (Fsp3) is 0.333. The molecule has 0 bridgehead atoms. The lowest BCUT2D eigenvalue weighted by molar-refractivity contribution is -0.140. The fourth-order valence-corrected chi connectivity index (χ4v) is 4.70. The van der Waals surface area contributed by atoms with E-state index < -0.39 is 11.9 Å². The number of aliphatic imine (C=N–C) groups is 1. The molecule has 0 saturated carbocycles. The largest absolute Gasteiger partial charge is 0.497 e. The van der Waals surface area contributed by atoms with E-state index >= 15 is 0 Å². The van der Waals surface area contributed by atoms with Crippen LogP contribution in [-0.2, 0) is 38.0 Å². The minimum absolute atomic E-state index is 0.0836. The molecule has 0 atom stereocenters. The summed E-state index contributed by atoms with van der Waals surface area (Å²) in [6.45, 7) is 6.06. The van der Waals surface area contributed by atoms with Crippen LogP contribution in [0.3, 0.4) is 0 Å². The van der Waals surface area contributed by atoms with Gasteiger partial charge < -0.3 is 18.8 Å². The third-order valence-corrected chi connectivity index (χ3v) is 6.66. The zero-order valence-electron chi connectivity index (χ0n) is 22.2. The molecule has 9 nitrogen and oxygen atoms in total. The molecule has 3 aromatic rings. The summed E-state index contributed by atoms with van der Waals surface area (Å²) in [4.78, 5) is 19.4. The first-order chi connectivity index (χ1) is 18.5. The average Bonchev–Trinajstić information content (AvgIpc) is 3.45. The number of hydrogen-bond acceptors (Lipinski definition) is 5. The maximum absolute atomic E-state index is 13.9. The number of amides is 1. The van der Waals surface area contributed by atoms with Crippen LogP contribution in [0.4, 0.5) is 13.2 Å². The molecular formula is C27H30F3N7O2. The first-order valence-corrected chi connectivity index (χ1v) is 12.2. The molecule has 0 unspecified atom stereocenters. The molecule has 4 rings (SSSR count). The average molecular weight is 542 g/mol. The highest BCUT2D eigenvalue weighted by molar-refractivity contribution is 5.99. The van der Waals surface area contributed by atoms with Gasteiger partial charge in [-0.3, -0.25) is 19.9 Å². The molecule has 1 aliphatic rings. The maximum Gasteiger partial charge on any atom is 0.435 e. The molecule has 0 aliphatic carbocycles. The van der Waals surface area contributed by atoms with Crippen molar-refractivity contribution in [2.45, 2.75) is 26.1 Å². The first kappa shape index (κ1) is 27.7. The van der Waals surface area contributed by atoms with Crippen molar-refractivity contribution in [1.82, 2.24) is 23.8 Å². The summed E-state index contributed by atoms with van der Waals surface area (Å²) in [5, 5.41) is 11.9. The number of hydrogen-bond donors (Lipinski definition) is 1. The Kier molecular flexibility index (Phi) is 7.66. The van der Waals surface area contributed by atoms with Crippen molar-refractivity contribution in [2.24, 2.45) is 19.1 Å². The molecule has 1 aliphatic heterocycles. The summed E-state index contributed by atoms with van der Waals surface area (Å²) in [5.41, 5.74) is 1.39. The Morgan fingerprint density at radius 3 is 2.54 bits per heavy atom. The van der Waals surface area contributed by atoms with Crippen molar-refractivity contribution in [3.63, 3.8) is 0 Å². The van der Waals surface area contributed by atoms with E-state index in [0.29, 0.717) is 40.1 Å². The number of ether oxygens (including phenoxy) is 1. The molecule has 39 heavy (non-hydrogen) atoms. The van der Waals surface area contributed by atoms with E-state index in [-0.39, 0.29) is 36.7 Å². The third-order valence-electron chi connectivity index (χ3n) is 6.66. The molecule has 1 N–H and O–H groups in total. The monoisotopic (exact) mass is 541 g/mol. The van der Waals surface area contributed by atoms with Crippen molar-refractivity contribution < 1.29 is 22.7 Å². The number of allylic oxidation sites excluding steroid dienone is 2. The van der Waals surface area contributed by atoms with E-state index in [1.54, 1.807) is 57.8 Å². The van der Waals surface area contributed by atoms with Gasteiger partial charge in [-0.05, 0) is 55.0 Å². The normalized spacial score (nSPS) is 14.5. The zero-order chi connectivity index (χ0) is 28.5. The molecule has 12 heteroatoms.